The first-order valence-electron chi connectivity index (χ1n) is 8.98. The molecule has 6 nitrogen and oxygen atoms in total. The first-order chi connectivity index (χ1) is 12.9. The first kappa shape index (κ1) is 19.3. The number of rotatable bonds is 7. The van der Waals surface area contributed by atoms with Gasteiger partial charge >= 0.3 is 0 Å². The van der Waals surface area contributed by atoms with Crippen molar-refractivity contribution in [1.29, 1.82) is 0 Å². The van der Waals surface area contributed by atoms with E-state index in [0.29, 0.717) is 12.2 Å². The van der Waals surface area contributed by atoms with E-state index < -0.39 is 10.0 Å². The molecule has 0 fully saturated rings. The number of methoxy groups -OCH3 is 1. The van der Waals surface area contributed by atoms with Crippen LogP contribution in [0, 0.1) is 0 Å². The molecule has 1 aromatic heterocycles. The lowest BCUT2D eigenvalue weighted by atomic mass is 10.1. The third-order valence-electron chi connectivity index (χ3n) is 4.61. The van der Waals surface area contributed by atoms with E-state index in [-0.39, 0.29) is 4.90 Å². The molecule has 0 bridgehead atoms. The number of hydrogen-bond donors (Lipinski definition) is 2. The predicted octanol–water partition coefficient (Wildman–Crippen LogP) is 3.61. The SMILES string of the molecule is CCCNS(=O)(=O)c1ccc(-c2c(N)c3ccc(OC)cc3n2CC)cc1. The summed E-state index contributed by atoms with van der Waals surface area (Å²) in [6, 6.07) is 12.6. The summed E-state index contributed by atoms with van der Waals surface area (Å²) in [4.78, 5) is 0.249. The minimum atomic E-state index is -3.49. The van der Waals surface area contributed by atoms with Crippen molar-refractivity contribution in [2.75, 3.05) is 19.4 Å². The highest BCUT2D eigenvalue weighted by atomic mass is 32.2. The molecule has 0 saturated carbocycles. The molecule has 0 saturated heterocycles. The lowest BCUT2D eigenvalue weighted by Crippen LogP contribution is -2.24. The fraction of sp³-hybridized carbons (Fsp3) is 0.300. The molecule has 2 aromatic carbocycles. The molecule has 0 aliphatic carbocycles. The molecule has 0 aliphatic heterocycles. The average Bonchev–Trinajstić information content (AvgIpc) is 2.97. The number of benzene rings is 2. The molecule has 0 atom stereocenters. The van der Waals surface area contributed by atoms with Gasteiger partial charge in [0, 0.05) is 30.1 Å². The molecule has 144 valence electrons. The van der Waals surface area contributed by atoms with Gasteiger partial charge < -0.3 is 15.0 Å². The van der Waals surface area contributed by atoms with Crippen molar-refractivity contribution in [3.8, 4) is 17.0 Å². The first-order valence-corrected chi connectivity index (χ1v) is 10.5. The standard InChI is InChI=1S/C20H25N3O3S/c1-4-12-22-27(24,25)16-9-6-14(7-10-16)20-19(21)17-11-8-15(26-3)13-18(17)23(20)5-2/h6-11,13,22H,4-5,12,21H2,1-3H3. The third kappa shape index (κ3) is 3.52. The number of fused-ring (bicyclic) bond motifs is 1. The summed E-state index contributed by atoms with van der Waals surface area (Å²) in [7, 11) is -1.85. The summed E-state index contributed by atoms with van der Waals surface area (Å²) in [5.74, 6) is 0.768. The van der Waals surface area contributed by atoms with Gasteiger partial charge in [-0.25, -0.2) is 13.1 Å². The average molecular weight is 388 g/mol. The Balaban J connectivity index is 2.09. The van der Waals surface area contributed by atoms with Crippen LogP contribution in [-0.4, -0.2) is 26.6 Å². The van der Waals surface area contributed by atoms with Crippen LogP contribution in [0.25, 0.3) is 22.2 Å². The second-order valence-electron chi connectivity index (χ2n) is 6.31. The molecular weight excluding hydrogens is 362 g/mol. The fourth-order valence-electron chi connectivity index (χ4n) is 3.23. The van der Waals surface area contributed by atoms with Crippen molar-refractivity contribution < 1.29 is 13.2 Å². The Hall–Kier alpha value is -2.51. The van der Waals surface area contributed by atoms with Crippen LogP contribution in [0.5, 0.6) is 5.75 Å². The molecule has 0 radical (unpaired) electrons. The Bertz CT molecular complexity index is 1050. The number of sulfonamides is 1. The molecular formula is C20H25N3O3S. The van der Waals surface area contributed by atoms with Gasteiger partial charge in [-0.3, -0.25) is 0 Å². The topological polar surface area (TPSA) is 86.3 Å². The summed E-state index contributed by atoms with van der Waals surface area (Å²) < 4.78 is 34.6. The van der Waals surface area contributed by atoms with Gasteiger partial charge in [0.05, 0.1) is 28.9 Å². The van der Waals surface area contributed by atoms with E-state index >= 15 is 0 Å². The van der Waals surface area contributed by atoms with E-state index in [0.717, 1.165) is 40.9 Å². The Labute approximate surface area is 160 Å². The highest BCUT2D eigenvalue weighted by Crippen LogP contribution is 2.37. The lowest BCUT2D eigenvalue weighted by Gasteiger charge is -2.11. The molecule has 7 heteroatoms. The van der Waals surface area contributed by atoms with Gasteiger partial charge in [0.1, 0.15) is 5.75 Å². The third-order valence-corrected chi connectivity index (χ3v) is 6.08. The van der Waals surface area contributed by atoms with Gasteiger partial charge in [0.15, 0.2) is 0 Å². The van der Waals surface area contributed by atoms with Crippen molar-refractivity contribution in [2.45, 2.75) is 31.7 Å². The van der Waals surface area contributed by atoms with Crippen LogP contribution in [0.4, 0.5) is 5.69 Å². The maximum atomic E-state index is 12.3. The highest BCUT2D eigenvalue weighted by molar-refractivity contribution is 7.89. The van der Waals surface area contributed by atoms with Crippen molar-refractivity contribution >= 4 is 26.6 Å². The Kier molecular flexibility index (Phi) is 5.43. The minimum Gasteiger partial charge on any atom is -0.497 e. The Morgan fingerprint density at radius 3 is 2.41 bits per heavy atom. The van der Waals surface area contributed by atoms with E-state index in [1.165, 1.54) is 0 Å². The van der Waals surface area contributed by atoms with Crippen LogP contribution in [-0.2, 0) is 16.6 Å². The van der Waals surface area contributed by atoms with Crippen LogP contribution in [0.15, 0.2) is 47.4 Å². The molecule has 1 heterocycles. The monoisotopic (exact) mass is 387 g/mol. The molecule has 0 aliphatic rings. The Morgan fingerprint density at radius 2 is 1.81 bits per heavy atom. The second-order valence-corrected chi connectivity index (χ2v) is 8.08. The van der Waals surface area contributed by atoms with Crippen LogP contribution in [0.1, 0.15) is 20.3 Å². The summed E-state index contributed by atoms with van der Waals surface area (Å²) in [5.41, 5.74) is 9.86. The number of aryl methyl sites for hydroxylation is 1. The second kappa shape index (κ2) is 7.62. The predicted molar refractivity (Wildman–Crippen MR) is 109 cm³/mol. The Morgan fingerprint density at radius 1 is 1.11 bits per heavy atom. The maximum Gasteiger partial charge on any atom is 0.240 e. The zero-order chi connectivity index (χ0) is 19.6. The fourth-order valence-corrected chi connectivity index (χ4v) is 4.37. The van der Waals surface area contributed by atoms with E-state index in [2.05, 4.69) is 16.2 Å². The van der Waals surface area contributed by atoms with E-state index in [1.807, 2.05) is 25.1 Å². The van der Waals surface area contributed by atoms with Gasteiger partial charge in [0.2, 0.25) is 10.0 Å². The number of ether oxygens (including phenoxy) is 1. The van der Waals surface area contributed by atoms with Crippen LogP contribution in [0.2, 0.25) is 0 Å². The minimum absolute atomic E-state index is 0.249. The molecule has 3 aromatic rings. The molecule has 3 N–H and O–H groups in total. The van der Waals surface area contributed by atoms with E-state index in [1.54, 1.807) is 31.4 Å². The van der Waals surface area contributed by atoms with Gasteiger partial charge in [-0.05, 0) is 37.6 Å². The van der Waals surface area contributed by atoms with Gasteiger partial charge in [-0.1, -0.05) is 19.1 Å². The van der Waals surface area contributed by atoms with Crippen molar-refractivity contribution in [3.63, 3.8) is 0 Å². The van der Waals surface area contributed by atoms with Gasteiger partial charge in [-0.2, -0.15) is 0 Å². The van der Waals surface area contributed by atoms with Crippen LogP contribution < -0.4 is 15.2 Å². The summed E-state index contributed by atoms with van der Waals surface area (Å²) in [6.07, 6.45) is 0.744. The smallest absolute Gasteiger partial charge is 0.240 e. The number of nitrogens with zero attached hydrogens (tertiary/aromatic N) is 1. The molecule has 0 spiro atoms. The lowest BCUT2D eigenvalue weighted by molar-refractivity contribution is 0.415. The molecule has 27 heavy (non-hydrogen) atoms. The van der Waals surface area contributed by atoms with Crippen LogP contribution >= 0.6 is 0 Å². The number of hydrogen-bond acceptors (Lipinski definition) is 4. The van der Waals surface area contributed by atoms with E-state index in [4.69, 9.17) is 10.5 Å². The maximum absolute atomic E-state index is 12.3. The summed E-state index contributed by atoms with van der Waals surface area (Å²) >= 11 is 0. The quantitative estimate of drug-likeness (QED) is 0.648. The van der Waals surface area contributed by atoms with Crippen LogP contribution in [0.3, 0.4) is 0 Å². The zero-order valence-corrected chi connectivity index (χ0v) is 16.6. The molecule has 0 amide bonds. The number of aromatic nitrogens is 1. The highest BCUT2D eigenvalue weighted by Gasteiger charge is 2.18. The normalized spacial score (nSPS) is 11.8. The number of nitrogens with one attached hydrogen (secondary N) is 1. The van der Waals surface area contributed by atoms with Crippen molar-refractivity contribution in [1.82, 2.24) is 9.29 Å². The van der Waals surface area contributed by atoms with Gasteiger partial charge in [0.25, 0.3) is 0 Å². The molecule has 3 rings (SSSR count). The summed E-state index contributed by atoms with van der Waals surface area (Å²) in [6.45, 7) is 5.12. The van der Waals surface area contributed by atoms with Crippen molar-refractivity contribution in [2.24, 2.45) is 0 Å². The number of nitrogens with two attached hydrogens (primary N) is 1. The number of anilines is 1. The summed E-state index contributed by atoms with van der Waals surface area (Å²) in [5, 5.41) is 0.953. The van der Waals surface area contributed by atoms with Crippen molar-refractivity contribution in [3.05, 3.63) is 42.5 Å². The zero-order valence-electron chi connectivity index (χ0n) is 15.8. The molecule has 0 unspecified atom stereocenters. The number of nitrogen functional groups attached to an aromatic ring is 1. The largest absolute Gasteiger partial charge is 0.497 e. The van der Waals surface area contributed by atoms with Gasteiger partial charge in [-0.15, -0.1) is 0 Å². The van der Waals surface area contributed by atoms with E-state index in [9.17, 15) is 8.42 Å².